The Morgan fingerprint density at radius 2 is 2.33 bits per heavy atom. The second kappa shape index (κ2) is 4.93. The minimum atomic E-state index is 0.331. The summed E-state index contributed by atoms with van der Waals surface area (Å²) in [5.41, 5.74) is 0. The standard InChI is InChI=1S/C10H16N4O/c1-11-9-5-10(14-7-13-9)12-6-8-3-2-4-15-8/h5,7-8H,2-4,6H2,1H3,(H2,11,12,13,14)/t8-/m0/s1. The number of nitrogens with zero attached hydrogens (tertiary/aromatic N) is 2. The first-order valence-corrected chi connectivity index (χ1v) is 5.24. The molecule has 0 amide bonds. The fourth-order valence-corrected chi connectivity index (χ4v) is 1.61. The highest BCUT2D eigenvalue weighted by molar-refractivity contribution is 5.45. The number of hydrogen-bond acceptors (Lipinski definition) is 5. The molecule has 5 nitrogen and oxygen atoms in total. The van der Waals surface area contributed by atoms with E-state index in [-0.39, 0.29) is 0 Å². The monoisotopic (exact) mass is 208 g/mol. The summed E-state index contributed by atoms with van der Waals surface area (Å²) in [7, 11) is 1.84. The van der Waals surface area contributed by atoms with Crippen molar-refractivity contribution in [2.75, 3.05) is 30.8 Å². The lowest BCUT2D eigenvalue weighted by atomic mass is 10.2. The lowest BCUT2D eigenvalue weighted by Gasteiger charge is -2.11. The van der Waals surface area contributed by atoms with Crippen LogP contribution in [0.1, 0.15) is 12.8 Å². The van der Waals surface area contributed by atoms with Gasteiger partial charge in [-0.1, -0.05) is 0 Å². The predicted octanol–water partition coefficient (Wildman–Crippen LogP) is 1.11. The molecule has 82 valence electrons. The molecule has 15 heavy (non-hydrogen) atoms. The molecule has 0 saturated carbocycles. The molecule has 2 N–H and O–H groups in total. The van der Waals surface area contributed by atoms with Crippen LogP contribution in [0.4, 0.5) is 11.6 Å². The quantitative estimate of drug-likeness (QED) is 0.776. The van der Waals surface area contributed by atoms with Crippen molar-refractivity contribution in [1.29, 1.82) is 0 Å². The van der Waals surface area contributed by atoms with E-state index < -0.39 is 0 Å². The summed E-state index contributed by atoms with van der Waals surface area (Å²) in [5.74, 6) is 1.66. The van der Waals surface area contributed by atoms with Gasteiger partial charge in [-0.05, 0) is 12.8 Å². The van der Waals surface area contributed by atoms with Crippen LogP contribution < -0.4 is 10.6 Å². The number of aromatic nitrogens is 2. The van der Waals surface area contributed by atoms with Crippen LogP contribution in [0.15, 0.2) is 12.4 Å². The summed E-state index contributed by atoms with van der Waals surface area (Å²) in [6.07, 6.45) is 4.18. The molecule has 5 heteroatoms. The first kappa shape index (κ1) is 10.2. The number of rotatable bonds is 4. The smallest absolute Gasteiger partial charge is 0.131 e. The van der Waals surface area contributed by atoms with E-state index in [4.69, 9.17) is 4.74 Å². The minimum Gasteiger partial charge on any atom is -0.376 e. The molecule has 0 spiro atoms. The highest BCUT2D eigenvalue weighted by Crippen LogP contribution is 2.13. The maximum Gasteiger partial charge on any atom is 0.131 e. The summed E-state index contributed by atoms with van der Waals surface area (Å²) in [5, 5.41) is 6.22. The van der Waals surface area contributed by atoms with Gasteiger partial charge in [0.1, 0.15) is 18.0 Å². The predicted molar refractivity (Wildman–Crippen MR) is 59.0 cm³/mol. The lowest BCUT2D eigenvalue weighted by Crippen LogP contribution is -2.19. The first-order valence-electron chi connectivity index (χ1n) is 5.24. The van der Waals surface area contributed by atoms with E-state index in [1.807, 2.05) is 13.1 Å². The van der Waals surface area contributed by atoms with Crippen molar-refractivity contribution >= 4 is 11.6 Å². The van der Waals surface area contributed by atoms with Crippen LogP contribution in [-0.2, 0) is 4.74 Å². The van der Waals surface area contributed by atoms with E-state index in [1.165, 1.54) is 0 Å². The Kier molecular flexibility index (Phi) is 3.34. The average molecular weight is 208 g/mol. The fraction of sp³-hybridized carbons (Fsp3) is 0.600. The van der Waals surface area contributed by atoms with Crippen molar-refractivity contribution in [3.63, 3.8) is 0 Å². The average Bonchev–Trinajstić information content (AvgIpc) is 2.79. The summed E-state index contributed by atoms with van der Waals surface area (Å²) in [4.78, 5) is 8.17. The summed E-state index contributed by atoms with van der Waals surface area (Å²) in [6, 6.07) is 1.88. The van der Waals surface area contributed by atoms with Crippen molar-refractivity contribution in [3.8, 4) is 0 Å². The highest BCUT2D eigenvalue weighted by Gasteiger charge is 2.14. The van der Waals surface area contributed by atoms with E-state index in [1.54, 1.807) is 6.33 Å². The van der Waals surface area contributed by atoms with Gasteiger partial charge in [0, 0.05) is 26.3 Å². The van der Waals surface area contributed by atoms with E-state index in [0.29, 0.717) is 6.10 Å². The number of ether oxygens (including phenoxy) is 1. The summed E-state index contributed by atoms with van der Waals surface area (Å²) in [6.45, 7) is 1.71. The molecule has 1 fully saturated rings. The van der Waals surface area contributed by atoms with Gasteiger partial charge in [-0.3, -0.25) is 0 Å². The third kappa shape index (κ3) is 2.79. The van der Waals surface area contributed by atoms with Crippen molar-refractivity contribution in [2.45, 2.75) is 18.9 Å². The van der Waals surface area contributed by atoms with Crippen molar-refractivity contribution in [1.82, 2.24) is 9.97 Å². The number of nitrogens with one attached hydrogen (secondary N) is 2. The molecule has 1 aliphatic heterocycles. The van der Waals surface area contributed by atoms with Gasteiger partial charge in [0.2, 0.25) is 0 Å². The van der Waals surface area contributed by atoms with Gasteiger partial charge in [-0.2, -0.15) is 0 Å². The molecule has 0 aliphatic carbocycles. The molecule has 0 unspecified atom stereocenters. The second-order valence-corrected chi connectivity index (χ2v) is 3.55. The fourth-order valence-electron chi connectivity index (χ4n) is 1.61. The maximum absolute atomic E-state index is 5.51. The first-order chi connectivity index (χ1) is 7.38. The van der Waals surface area contributed by atoms with Gasteiger partial charge in [0.25, 0.3) is 0 Å². The largest absolute Gasteiger partial charge is 0.376 e. The maximum atomic E-state index is 5.51. The molecule has 1 atom stereocenters. The van der Waals surface area contributed by atoms with Crippen LogP contribution in [0.2, 0.25) is 0 Å². The molecule has 2 rings (SSSR count). The summed E-state index contributed by atoms with van der Waals surface area (Å²) >= 11 is 0. The van der Waals surface area contributed by atoms with Gasteiger partial charge in [0.05, 0.1) is 6.10 Å². The molecule has 0 radical (unpaired) electrons. The molecule has 1 saturated heterocycles. The summed E-state index contributed by atoms with van der Waals surface area (Å²) < 4.78 is 5.51. The van der Waals surface area contributed by atoms with Gasteiger partial charge in [0.15, 0.2) is 0 Å². The molecule has 1 aromatic heterocycles. The SMILES string of the molecule is CNc1cc(NC[C@@H]2CCCO2)ncn1. The molecular weight excluding hydrogens is 192 g/mol. The highest BCUT2D eigenvalue weighted by atomic mass is 16.5. The Balaban J connectivity index is 1.86. The van der Waals surface area contributed by atoms with Crippen LogP contribution in [-0.4, -0.2) is 36.3 Å². The Morgan fingerprint density at radius 3 is 3.07 bits per heavy atom. The van der Waals surface area contributed by atoms with Crippen LogP contribution >= 0.6 is 0 Å². The molecule has 0 aromatic carbocycles. The van der Waals surface area contributed by atoms with Crippen LogP contribution in [0.5, 0.6) is 0 Å². The Bertz CT molecular complexity index is 312. The third-order valence-corrected chi connectivity index (χ3v) is 2.46. The van der Waals surface area contributed by atoms with E-state index in [9.17, 15) is 0 Å². The topological polar surface area (TPSA) is 59.1 Å². The molecular formula is C10H16N4O. The van der Waals surface area contributed by atoms with Gasteiger partial charge in [-0.15, -0.1) is 0 Å². The molecule has 1 aliphatic rings. The van der Waals surface area contributed by atoms with Gasteiger partial charge < -0.3 is 15.4 Å². The van der Waals surface area contributed by atoms with E-state index >= 15 is 0 Å². The molecule has 1 aromatic rings. The number of anilines is 2. The minimum absolute atomic E-state index is 0.331. The van der Waals surface area contributed by atoms with Crippen LogP contribution in [0.25, 0.3) is 0 Å². The van der Waals surface area contributed by atoms with Gasteiger partial charge >= 0.3 is 0 Å². The molecule has 2 heterocycles. The Hall–Kier alpha value is -1.36. The van der Waals surface area contributed by atoms with Crippen molar-refractivity contribution in [2.24, 2.45) is 0 Å². The van der Waals surface area contributed by atoms with Crippen LogP contribution in [0, 0.1) is 0 Å². The zero-order chi connectivity index (χ0) is 10.5. The second-order valence-electron chi connectivity index (χ2n) is 3.55. The lowest BCUT2D eigenvalue weighted by molar-refractivity contribution is 0.120. The van der Waals surface area contributed by atoms with Crippen molar-refractivity contribution < 1.29 is 4.74 Å². The third-order valence-electron chi connectivity index (χ3n) is 2.46. The zero-order valence-corrected chi connectivity index (χ0v) is 8.86. The number of hydrogen-bond donors (Lipinski definition) is 2. The Labute approximate surface area is 89.3 Å². The Morgan fingerprint density at radius 1 is 1.47 bits per heavy atom. The van der Waals surface area contributed by atoms with Crippen LogP contribution in [0.3, 0.4) is 0 Å². The normalized spacial score (nSPS) is 20.2. The van der Waals surface area contributed by atoms with Crippen molar-refractivity contribution in [3.05, 3.63) is 12.4 Å². The van der Waals surface area contributed by atoms with E-state index in [0.717, 1.165) is 37.6 Å². The zero-order valence-electron chi connectivity index (χ0n) is 8.86. The van der Waals surface area contributed by atoms with Gasteiger partial charge in [-0.25, -0.2) is 9.97 Å². The molecule has 0 bridgehead atoms. The van der Waals surface area contributed by atoms with E-state index in [2.05, 4.69) is 20.6 Å².